The van der Waals surface area contributed by atoms with E-state index in [9.17, 15) is 4.79 Å². The molecule has 8 heteroatoms. The number of hydrogen-bond donors (Lipinski definition) is 2. The molecule has 1 aliphatic heterocycles. The fourth-order valence-electron chi connectivity index (χ4n) is 4.20. The summed E-state index contributed by atoms with van der Waals surface area (Å²) >= 11 is 0. The summed E-state index contributed by atoms with van der Waals surface area (Å²) in [5.41, 5.74) is 2.55. The molecule has 2 fully saturated rings. The summed E-state index contributed by atoms with van der Waals surface area (Å²) in [5, 5.41) is 12.0. The molecule has 0 spiro atoms. The van der Waals surface area contributed by atoms with Gasteiger partial charge in [0.2, 0.25) is 0 Å². The Morgan fingerprint density at radius 1 is 1.35 bits per heavy atom. The van der Waals surface area contributed by atoms with Crippen LogP contribution in [0.25, 0.3) is 16.8 Å². The summed E-state index contributed by atoms with van der Waals surface area (Å²) < 4.78 is 2.08. The molecule has 1 saturated heterocycles. The van der Waals surface area contributed by atoms with Gasteiger partial charge < -0.3 is 15.2 Å². The van der Waals surface area contributed by atoms with E-state index in [1.807, 2.05) is 17.2 Å². The zero-order valence-electron chi connectivity index (χ0n) is 14.9. The Balaban J connectivity index is 1.47. The van der Waals surface area contributed by atoms with Crippen molar-refractivity contribution in [1.29, 1.82) is 0 Å². The number of amides is 2. The highest BCUT2D eigenvalue weighted by molar-refractivity contribution is 5.76. The molecule has 5 rings (SSSR count). The van der Waals surface area contributed by atoms with E-state index in [1.54, 1.807) is 6.20 Å². The lowest BCUT2D eigenvalue weighted by Crippen LogP contribution is -2.46. The Kier molecular flexibility index (Phi) is 3.58. The highest BCUT2D eigenvalue weighted by Crippen LogP contribution is 2.35. The minimum Gasteiger partial charge on any atom is -0.345 e. The molecule has 136 valence electrons. The third kappa shape index (κ3) is 2.35. The van der Waals surface area contributed by atoms with Crippen LogP contribution in [0.1, 0.15) is 44.3 Å². The van der Waals surface area contributed by atoms with Crippen LogP contribution in [0.3, 0.4) is 0 Å². The molecule has 2 aliphatic rings. The first-order chi connectivity index (χ1) is 12.7. The highest BCUT2D eigenvalue weighted by atomic mass is 16.2. The number of nitrogens with one attached hydrogen (secondary N) is 2. The second-order valence-corrected chi connectivity index (χ2v) is 7.48. The lowest BCUT2D eigenvalue weighted by atomic mass is 9.93. The molecule has 0 bridgehead atoms. The van der Waals surface area contributed by atoms with Crippen LogP contribution in [0.4, 0.5) is 4.79 Å². The van der Waals surface area contributed by atoms with Crippen LogP contribution in [-0.4, -0.2) is 54.6 Å². The van der Waals surface area contributed by atoms with Gasteiger partial charge in [0.1, 0.15) is 5.82 Å². The van der Waals surface area contributed by atoms with E-state index in [-0.39, 0.29) is 11.9 Å². The Labute approximate surface area is 151 Å². The van der Waals surface area contributed by atoms with Gasteiger partial charge in [0.05, 0.1) is 11.7 Å². The number of nitrogens with zero attached hydrogens (tertiary/aromatic N) is 5. The van der Waals surface area contributed by atoms with E-state index in [2.05, 4.69) is 36.8 Å². The number of aromatic amines is 1. The van der Waals surface area contributed by atoms with E-state index in [1.165, 1.54) is 6.42 Å². The first kappa shape index (κ1) is 15.6. The van der Waals surface area contributed by atoms with Gasteiger partial charge in [-0.1, -0.05) is 13.3 Å². The molecule has 1 aliphatic carbocycles. The highest BCUT2D eigenvalue weighted by Gasteiger charge is 2.38. The first-order valence-corrected chi connectivity index (χ1v) is 9.47. The molecule has 4 heterocycles. The van der Waals surface area contributed by atoms with Gasteiger partial charge in [-0.2, -0.15) is 0 Å². The molecule has 0 radical (unpaired) electrons. The van der Waals surface area contributed by atoms with Crippen LogP contribution in [0.5, 0.6) is 0 Å². The molecule has 2 amide bonds. The summed E-state index contributed by atoms with van der Waals surface area (Å²) in [6.07, 6.45) is 8.06. The largest absolute Gasteiger partial charge is 0.345 e. The predicted octanol–water partition coefficient (Wildman–Crippen LogP) is 2.29. The second kappa shape index (κ2) is 5.96. The van der Waals surface area contributed by atoms with Crippen molar-refractivity contribution in [3.05, 3.63) is 24.3 Å². The van der Waals surface area contributed by atoms with Crippen molar-refractivity contribution >= 4 is 22.8 Å². The molecule has 2 N–H and O–H groups in total. The summed E-state index contributed by atoms with van der Waals surface area (Å²) in [5.74, 6) is 1.50. The molecule has 3 aromatic heterocycles. The number of H-pyrrole nitrogens is 1. The summed E-state index contributed by atoms with van der Waals surface area (Å²) in [7, 11) is 0. The summed E-state index contributed by atoms with van der Waals surface area (Å²) in [6.45, 7) is 3.64. The van der Waals surface area contributed by atoms with Gasteiger partial charge in [-0.25, -0.2) is 9.78 Å². The third-order valence-corrected chi connectivity index (χ3v) is 5.98. The van der Waals surface area contributed by atoms with Crippen molar-refractivity contribution in [2.75, 3.05) is 13.1 Å². The van der Waals surface area contributed by atoms with Crippen molar-refractivity contribution in [3.63, 3.8) is 0 Å². The van der Waals surface area contributed by atoms with Gasteiger partial charge in [-0.15, -0.1) is 10.2 Å². The van der Waals surface area contributed by atoms with Crippen LogP contribution >= 0.6 is 0 Å². The first-order valence-electron chi connectivity index (χ1n) is 9.47. The lowest BCUT2D eigenvalue weighted by Gasteiger charge is -2.29. The molecular weight excluding hydrogens is 330 g/mol. The molecule has 8 nitrogen and oxygen atoms in total. The van der Waals surface area contributed by atoms with E-state index in [4.69, 9.17) is 0 Å². The van der Waals surface area contributed by atoms with Crippen molar-refractivity contribution < 1.29 is 4.79 Å². The number of hydrogen-bond acceptors (Lipinski definition) is 4. The van der Waals surface area contributed by atoms with E-state index < -0.39 is 0 Å². The number of fused-ring (bicyclic) bond motifs is 3. The molecule has 26 heavy (non-hydrogen) atoms. The molecule has 1 saturated carbocycles. The number of urea groups is 1. The number of carbonyl (C=O) groups excluding carboxylic acids is 1. The van der Waals surface area contributed by atoms with Gasteiger partial charge in [-0.3, -0.25) is 4.40 Å². The van der Waals surface area contributed by atoms with E-state index >= 15 is 0 Å². The maximum absolute atomic E-state index is 12.6. The molecule has 2 atom stereocenters. The van der Waals surface area contributed by atoms with E-state index in [0.717, 1.165) is 48.4 Å². The Morgan fingerprint density at radius 2 is 2.23 bits per heavy atom. The van der Waals surface area contributed by atoms with Gasteiger partial charge >= 0.3 is 6.03 Å². The normalized spacial score (nSPS) is 23.7. The number of likely N-dealkylation sites (tertiary alicyclic amines) is 1. The number of carbonyl (C=O) groups is 1. The van der Waals surface area contributed by atoms with Gasteiger partial charge in [-0.05, 0) is 31.2 Å². The van der Waals surface area contributed by atoms with Crippen molar-refractivity contribution in [2.24, 2.45) is 5.92 Å². The molecule has 0 unspecified atom stereocenters. The van der Waals surface area contributed by atoms with Crippen LogP contribution in [0, 0.1) is 5.92 Å². The smallest absolute Gasteiger partial charge is 0.317 e. The maximum atomic E-state index is 12.6. The number of rotatable bonds is 3. The Hall–Kier alpha value is -2.64. The SMILES string of the molecule is CC[C@@H]1CN(C(=O)NC2CCC2)C[C@@H]1c1nnc2cnc3[nH]ccc3n12. The van der Waals surface area contributed by atoms with Gasteiger partial charge in [0, 0.05) is 31.2 Å². The molecule has 0 aromatic carbocycles. The van der Waals surface area contributed by atoms with Gasteiger partial charge in [0.25, 0.3) is 0 Å². The van der Waals surface area contributed by atoms with Crippen molar-refractivity contribution in [3.8, 4) is 0 Å². The lowest BCUT2D eigenvalue weighted by molar-refractivity contribution is 0.194. The maximum Gasteiger partial charge on any atom is 0.317 e. The topological polar surface area (TPSA) is 91.2 Å². The minimum absolute atomic E-state index is 0.0675. The van der Waals surface area contributed by atoms with Crippen LogP contribution in [-0.2, 0) is 0 Å². The Bertz CT molecular complexity index is 957. The summed E-state index contributed by atoms with van der Waals surface area (Å²) in [6, 6.07) is 2.43. The average molecular weight is 353 g/mol. The second-order valence-electron chi connectivity index (χ2n) is 7.48. The van der Waals surface area contributed by atoms with Crippen LogP contribution in [0.15, 0.2) is 18.5 Å². The zero-order valence-corrected chi connectivity index (χ0v) is 14.9. The zero-order chi connectivity index (χ0) is 17.7. The summed E-state index contributed by atoms with van der Waals surface area (Å²) in [4.78, 5) is 22.1. The quantitative estimate of drug-likeness (QED) is 0.756. The van der Waals surface area contributed by atoms with Crippen LogP contribution in [0.2, 0.25) is 0 Å². The predicted molar refractivity (Wildman–Crippen MR) is 96.9 cm³/mol. The van der Waals surface area contributed by atoms with E-state index in [0.29, 0.717) is 18.5 Å². The fraction of sp³-hybridized carbons (Fsp3) is 0.556. The standard InChI is InChI=1S/C18H23N7O/c1-2-11-9-24(18(26)21-12-4-3-5-12)10-13(11)17-23-22-15-8-20-16-14(25(15)17)6-7-19-16/h6-8,11-13,19H,2-5,9-10H2,1H3,(H,21,26)/t11-,13+/m1/s1. The Morgan fingerprint density at radius 3 is 3.00 bits per heavy atom. The van der Waals surface area contributed by atoms with Crippen molar-refractivity contribution in [2.45, 2.75) is 44.6 Å². The van der Waals surface area contributed by atoms with Crippen molar-refractivity contribution in [1.82, 2.24) is 34.8 Å². The third-order valence-electron chi connectivity index (χ3n) is 5.98. The molecular formula is C18H23N7O. The molecule has 3 aromatic rings. The average Bonchev–Trinajstić information content (AvgIpc) is 3.32. The number of aromatic nitrogens is 5. The van der Waals surface area contributed by atoms with Gasteiger partial charge in [0.15, 0.2) is 11.3 Å². The monoisotopic (exact) mass is 353 g/mol. The minimum atomic E-state index is 0.0675. The fourth-order valence-corrected chi connectivity index (χ4v) is 4.20. The van der Waals surface area contributed by atoms with Crippen LogP contribution < -0.4 is 5.32 Å².